The molecule has 362 valence electrons. The van der Waals surface area contributed by atoms with Gasteiger partial charge < -0.3 is 0 Å². The van der Waals surface area contributed by atoms with Gasteiger partial charge in [0.15, 0.2) is 0 Å². The zero-order chi connectivity index (χ0) is 48.1. The van der Waals surface area contributed by atoms with E-state index < -0.39 is 0 Å². The van der Waals surface area contributed by atoms with Crippen molar-refractivity contribution >= 4 is 86.2 Å². The van der Waals surface area contributed by atoms with Gasteiger partial charge in [-0.3, -0.25) is 42.5 Å². The Hall–Kier alpha value is -5.44. The SMILES string of the molecule is CCCCCCC(CCCCCC)n1c(=O)c2ccc3c4ccc5c(=O)n(C(CCCCCC)CCCCCC)c(=O)c6cc7c8c(=O)n(C9CCCCC9)c(=O)c8c8cc(c1=O)c2c3c8c7c4c56. The minimum absolute atomic E-state index is 0.254. The second-order valence-electron chi connectivity index (χ2n) is 21.2. The number of unbranched alkanes of at least 4 members (excludes halogenated alkanes) is 12. The minimum atomic E-state index is -0.357. The summed E-state index contributed by atoms with van der Waals surface area (Å²) in [6, 6.07) is 10.5. The third-order valence-corrected chi connectivity index (χ3v) is 16.8. The molecule has 0 amide bonds. The van der Waals surface area contributed by atoms with E-state index in [4.69, 9.17) is 0 Å². The molecule has 10 rings (SSSR count). The van der Waals surface area contributed by atoms with Gasteiger partial charge in [-0.1, -0.05) is 162 Å². The van der Waals surface area contributed by atoms with Gasteiger partial charge in [0.2, 0.25) is 0 Å². The van der Waals surface area contributed by atoms with Crippen LogP contribution in [0.1, 0.15) is 206 Å². The number of fused-ring (bicyclic) bond motifs is 4. The fraction of sp³-hybridized carbons (Fsp3) is 0.533. The lowest BCUT2D eigenvalue weighted by Crippen LogP contribution is -2.37. The van der Waals surface area contributed by atoms with Crippen LogP contribution in [0, 0.1) is 0 Å². The molecular weight excluding hydrogens is 859 g/mol. The van der Waals surface area contributed by atoms with Crippen molar-refractivity contribution in [2.24, 2.45) is 0 Å². The molecular formula is C60H71N3O6. The van der Waals surface area contributed by atoms with E-state index in [2.05, 4.69) is 27.7 Å². The molecule has 0 atom stereocenters. The van der Waals surface area contributed by atoms with Gasteiger partial charge in [-0.2, -0.15) is 0 Å². The molecule has 0 bridgehead atoms. The Labute approximate surface area is 403 Å². The Bertz CT molecular complexity index is 3400. The lowest BCUT2D eigenvalue weighted by molar-refractivity contribution is 0.344. The highest BCUT2D eigenvalue weighted by Gasteiger charge is 2.33. The highest BCUT2D eigenvalue weighted by molar-refractivity contribution is 6.48. The van der Waals surface area contributed by atoms with Crippen LogP contribution in [-0.4, -0.2) is 13.7 Å². The van der Waals surface area contributed by atoms with Crippen LogP contribution in [0.15, 0.2) is 65.2 Å². The molecule has 6 aromatic carbocycles. The molecule has 9 nitrogen and oxygen atoms in total. The number of aromatic nitrogens is 3. The van der Waals surface area contributed by atoms with Gasteiger partial charge in [0.1, 0.15) is 0 Å². The predicted octanol–water partition coefficient (Wildman–Crippen LogP) is 14.1. The average Bonchev–Trinajstić information content (AvgIpc) is 3.63. The normalized spacial score (nSPS) is 14.3. The summed E-state index contributed by atoms with van der Waals surface area (Å²) in [5, 5.41) is 8.92. The van der Waals surface area contributed by atoms with E-state index in [1.807, 2.05) is 36.4 Å². The fourth-order valence-electron chi connectivity index (χ4n) is 13.3. The highest BCUT2D eigenvalue weighted by Crippen LogP contribution is 2.50. The molecule has 3 aromatic heterocycles. The summed E-state index contributed by atoms with van der Waals surface area (Å²) in [6.45, 7) is 8.73. The van der Waals surface area contributed by atoms with Gasteiger partial charge in [-0.15, -0.1) is 0 Å². The molecule has 0 aliphatic heterocycles. The Morgan fingerprint density at radius 2 is 0.696 bits per heavy atom. The van der Waals surface area contributed by atoms with Gasteiger partial charge >= 0.3 is 0 Å². The average molecular weight is 930 g/mol. The molecule has 0 saturated heterocycles. The first-order valence-electron chi connectivity index (χ1n) is 27.3. The molecule has 0 N–H and O–H groups in total. The van der Waals surface area contributed by atoms with Gasteiger partial charge in [-0.25, -0.2) is 0 Å². The maximum absolute atomic E-state index is 15.4. The first kappa shape index (κ1) is 47.2. The summed E-state index contributed by atoms with van der Waals surface area (Å²) in [5.41, 5.74) is -1.97. The predicted molar refractivity (Wildman–Crippen MR) is 289 cm³/mol. The van der Waals surface area contributed by atoms with Crippen LogP contribution in [0.3, 0.4) is 0 Å². The zero-order valence-electron chi connectivity index (χ0n) is 41.7. The first-order valence-corrected chi connectivity index (χ1v) is 27.3. The van der Waals surface area contributed by atoms with Crippen molar-refractivity contribution in [3.05, 3.63) is 98.5 Å². The van der Waals surface area contributed by atoms with Crippen LogP contribution in [0.4, 0.5) is 0 Å². The standard InChI is InChI=1S/C60H71N3O6/c1-5-9-13-18-24-36(25-19-14-10-6-2)61-55(64)41-32-30-39-40-31-33-42-48-46(58(67)62(56(42)65)37(26-20-15-11-7-3)27-21-16-12-8-4)35-44-52(50(40)48)51-43(34-45(57(61)66)47(41)49(39)51)53-54(44)60(69)63(59(53)68)38-28-22-17-23-29-38/h30-38H,5-29H2,1-4H3. The molecule has 1 fully saturated rings. The number of hydrogen-bond donors (Lipinski definition) is 0. The number of nitrogens with zero attached hydrogens (tertiary/aromatic N) is 3. The van der Waals surface area contributed by atoms with Gasteiger partial charge in [0, 0.05) is 50.4 Å². The van der Waals surface area contributed by atoms with Crippen LogP contribution >= 0.6 is 0 Å². The van der Waals surface area contributed by atoms with Crippen molar-refractivity contribution in [3.63, 3.8) is 0 Å². The number of benzene rings is 6. The van der Waals surface area contributed by atoms with E-state index in [9.17, 15) is 0 Å². The monoisotopic (exact) mass is 930 g/mol. The van der Waals surface area contributed by atoms with Crippen molar-refractivity contribution < 1.29 is 0 Å². The molecule has 1 aliphatic rings. The van der Waals surface area contributed by atoms with Gasteiger partial charge in [0.05, 0.1) is 10.8 Å². The molecule has 9 heteroatoms. The quantitative estimate of drug-likeness (QED) is 0.0358. The molecule has 0 spiro atoms. The molecule has 3 heterocycles. The summed E-state index contributed by atoms with van der Waals surface area (Å²) in [6.07, 6.45) is 23.9. The maximum Gasteiger partial charge on any atom is 0.262 e. The summed E-state index contributed by atoms with van der Waals surface area (Å²) >= 11 is 0. The lowest BCUT2D eigenvalue weighted by Gasteiger charge is -2.24. The van der Waals surface area contributed by atoms with Crippen LogP contribution in [0.2, 0.25) is 0 Å². The van der Waals surface area contributed by atoms with E-state index in [-0.39, 0.29) is 62.3 Å². The largest absolute Gasteiger partial charge is 0.271 e. The topological polar surface area (TPSA) is 117 Å². The Kier molecular flexibility index (Phi) is 13.5. The molecule has 1 saturated carbocycles. The highest BCUT2D eigenvalue weighted by atomic mass is 16.2. The van der Waals surface area contributed by atoms with Crippen molar-refractivity contribution in [2.75, 3.05) is 0 Å². The number of rotatable bonds is 23. The maximum atomic E-state index is 15.4. The van der Waals surface area contributed by atoms with E-state index >= 15 is 28.8 Å². The zero-order valence-corrected chi connectivity index (χ0v) is 41.7. The second-order valence-corrected chi connectivity index (χ2v) is 21.2. The van der Waals surface area contributed by atoms with Crippen LogP contribution < -0.4 is 33.4 Å². The van der Waals surface area contributed by atoms with Crippen LogP contribution in [0.25, 0.3) is 86.2 Å². The van der Waals surface area contributed by atoms with Crippen molar-refractivity contribution in [2.45, 2.75) is 206 Å². The molecule has 9 aromatic rings. The van der Waals surface area contributed by atoms with Gasteiger partial charge in [-0.05, 0) is 106 Å². The van der Waals surface area contributed by atoms with Crippen molar-refractivity contribution in [1.82, 2.24) is 13.7 Å². The first-order chi connectivity index (χ1) is 33.7. The molecule has 69 heavy (non-hydrogen) atoms. The van der Waals surface area contributed by atoms with E-state index in [1.165, 1.54) is 13.7 Å². The smallest absolute Gasteiger partial charge is 0.262 e. The third kappa shape index (κ3) is 7.71. The number of hydrogen-bond acceptors (Lipinski definition) is 6. The molecule has 0 unspecified atom stereocenters. The summed E-state index contributed by atoms with van der Waals surface area (Å²) < 4.78 is 4.56. The summed E-state index contributed by atoms with van der Waals surface area (Å²) in [7, 11) is 0. The Morgan fingerprint density at radius 1 is 0.362 bits per heavy atom. The van der Waals surface area contributed by atoms with Crippen LogP contribution in [-0.2, 0) is 0 Å². The van der Waals surface area contributed by atoms with E-state index in [1.54, 1.807) is 0 Å². The minimum Gasteiger partial charge on any atom is -0.271 e. The summed E-state index contributed by atoms with van der Waals surface area (Å²) in [4.78, 5) is 91.5. The Morgan fingerprint density at radius 3 is 1.06 bits per heavy atom. The number of pyridine rings is 2. The molecule has 0 radical (unpaired) electrons. The van der Waals surface area contributed by atoms with Crippen molar-refractivity contribution in [3.8, 4) is 0 Å². The third-order valence-electron chi connectivity index (χ3n) is 16.8. The summed E-state index contributed by atoms with van der Waals surface area (Å²) in [5.74, 6) is 0. The molecule has 1 aliphatic carbocycles. The van der Waals surface area contributed by atoms with Crippen molar-refractivity contribution in [1.29, 1.82) is 0 Å². The second kappa shape index (κ2) is 19.8. The van der Waals surface area contributed by atoms with E-state index in [0.717, 1.165) is 182 Å². The Balaban J connectivity index is 1.32. The van der Waals surface area contributed by atoms with Gasteiger partial charge in [0.25, 0.3) is 33.4 Å². The fourth-order valence-corrected chi connectivity index (χ4v) is 13.3. The lowest BCUT2D eigenvalue weighted by atomic mass is 9.81. The van der Waals surface area contributed by atoms with Crippen LogP contribution in [0.5, 0.6) is 0 Å². The van der Waals surface area contributed by atoms with E-state index in [0.29, 0.717) is 53.9 Å².